The number of fused-ring (bicyclic) bond motifs is 3. The highest BCUT2D eigenvalue weighted by molar-refractivity contribution is 7.26. The largest absolute Gasteiger partial charge is 0.417 e. The molecule has 0 saturated heterocycles. The van der Waals surface area contributed by atoms with Gasteiger partial charge in [-0.1, -0.05) is 24.3 Å². The minimum Gasteiger partial charge on any atom is -0.343 e. The average Bonchev–Trinajstić information content (AvgIpc) is 2.99. The second-order valence-corrected chi connectivity index (χ2v) is 6.99. The van der Waals surface area contributed by atoms with Crippen molar-refractivity contribution in [3.05, 3.63) is 72.0 Å². The molecule has 0 N–H and O–H groups in total. The molecule has 1 heterocycles. The summed E-state index contributed by atoms with van der Waals surface area (Å²) >= 11 is 1.13. The Hall–Kier alpha value is -2.60. The number of benzene rings is 3. The van der Waals surface area contributed by atoms with Crippen LogP contribution < -0.4 is 4.90 Å². The number of hydrogen-bond donors (Lipinski definition) is 0. The Balaban J connectivity index is 1.96. The molecule has 0 spiro atoms. The van der Waals surface area contributed by atoms with E-state index in [0.717, 1.165) is 38.9 Å². The standard InChI is InChI=1S/C20H13F4NS/c1-25(13-10-8-12(21)9-11-13)17-7-3-5-15-14-4-2-6-16(20(22,23)24)18(14)26-19(15)17/h2-11H,1H3. The Kier molecular flexibility index (Phi) is 3.88. The van der Waals surface area contributed by atoms with Crippen LogP contribution in [0.5, 0.6) is 0 Å². The van der Waals surface area contributed by atoms with Crippen molar-refractivity contribution in [1.29, 1.82) is 0 Å². The molecule has 0 amide bonds. The van der Waals surface area contributed by atoms with E-state index in [1.165, 1.54) is 18.2 Å². The van der Waals surface area contributed by atoms with Crippen LogP contribution in [0.4, 0.5) is 28.9 Å². The van der Waals surface area contributed by atoms with Crippen molar-refractivity contribution < 1.29 is 17.6 Å². The van der Waals surface area contributed by atoms with Gasteiger partial charge in [-0.15, -0.1) is 11.3 Å². The lowest BCUT2D eigenvalue weighted by atomic mass is 10.1. The molecule has 0 aliphatic heterocycles. The summed E-state index contributed by atoms with van der Waals surface area (Å²) in [5.41, 5.74) is 0.919. The van der Waals surface area contributed by atoms with Gasteiger partial charge in [-0.25, -0.2) is 4.39 Å². The summed E-state index contributed by atoms with van der Waals surface area (Å²) in [5.74, 6) is -0.336. The van der Waals surface area contributed by atoms with Gasteiger partial charge in [0, 0.05) is 28.2 Å². The van der Waals surface area contributed by atoms with Crippen LogP contribution in [0.3, 0.4) is 0 Å². The minimum atomic E-state index is -4.40. The molecule has 132 valence electrons. The summed E-state index contributed by atoms with van der Waals surface area (Å²) in [6.07, 6.45) is -4.40. The lowest BCUT2D eigenvalue weighted by Gasteiger charge is -2.20. The predicted molar refractivity (Wildman–Crippen MR) is 98.8 cm³/mol. The monoisotopic (exact) mass is 375 g/mol. The van der Waals surface area contributed by atoms with Crippen LogP contribution in [-0.4, -0.2) is 7.05 Å². The van der Waals surface area contributed by atoms with E-state index in [4.69, 9.17) is 0 Å². The van der Waals surface area contributed by atoms with Crippen LogP contribution in [0, 0.1) is 5.82 Å². The molecule has 4 aromatic rings. The summed E-state index contributed by atoms with van der Waals surface area (Å²) in [5, 5.41) is 1.37. The van der Waals surface area contributed by atoms with Gasteiger partial charge in [-0.2, -0.15) is 13.2 Å². The molecule has 0 aliphatic rings. The zero-order chi connectivity index (χ0) is 18.5. The molecule has 0 saturated carbocycles. The molecule has 0 bridgehead atoms. The SMILES string of the molecule is CN(c1ccc(F)cc1)c1cccc2c1sc1c(C(F)(F)F)cccc12. The number of alkyl halides is 3. The summed E-state index contributed by atoms with van der Waals surface area (Å²) < 4.78 is 54.3. The van der Waals surface area contributed by atoms with E-state index in [2.05, 4.69) is 0 Å². The fourth-order valence-electron chi connectivity index (χ4n) is 3.10. The summed E-state index contributed by atoms with van der Waals surface area (Å²) in [4.78, 5) is 1.85. The molecule has 0 unspecified atom stereocenters. The minimum absolute atomic E-state index is 0.231. The van der Waals surface area contributed by atoms with Gasteiger partial charge in [-0.3, -0.25) is 0 Å². The second-order valence-electron chi connectivity index (χ2n) is 5.97. The van der Waals surface area contributed by atoms with Crippen molar-refractivity contribution in [3.63, 3.8) is 0 Å². The first-order valence-corrected chi connectivity index (χ1v) is 8.68. The highest BCUT2D eigenvalue weighted by atomic mass is 32.1. The molecular weight excluding hydrogens is 362 g/mol. The van der Waals surface area contributed by atoms with Gasteiger partial charge in [0.1, 0.15) is 5.82 Å². The van der Waals surface area contributed by atoms with Gasteiger partial charge in [0.15, 0.2) is 0 Å². The Morgan fingerprint density at radius 3 is 2.08 bits per heavy atom. The Morgan fingerprint density at radius 1 is 0.808 bits per heavy atom. The highest BCUT2D eigenvalue weighted by Gasteiger charge is 2.33. The van der Waals surface area contributed by atoms with E-state index in [0.29, 0.717) is 5.39 Å². The highest BCUT2D eigenvalue weighted by Crippen LogP contribution is 2.45. The van der Waals surface area contributed by atoms with Gasteiger partial charge in [0.05, 0.1) is 16.0 Å². The lowest BCUT2D eigenvalue weighted by molar-refractivity contribution is -0.136. The summed E-state index contributed by atoms with van der Waals surface area (Å²) in [6.45, 7) is 0. The fraction of sp³-hybridized carbons (Fsp3) is 0.100. The third kappa shape index (κ3) is 2.70. The van der Waals surface area contributed by atoms with Crippen molar-refractivity contribution in [2.24, 2.45) is 0 Å². The quantitative estimate of drug-likeness (QED) is 0.342. The van der Waals surface area contributed by atoms with E-state index < -0.39 is 11.7 Å². The average molecular weight is 375 g/mol. The molecule has 0 aliphatic carbocycles. The smallest absolute Gasteiger partial charge is 0.343 e. The molecule has 6 heteroatoms. The molecule has 4 rings (SSSR count). The van der Waals surface area contributed by atoms with Gasteiger partial charge in [0.25, 0.3) is 0 Å². The van der Waals surface area contributed by atoms with E-state index in [-0.39, 0.29) is 10.5 Å². The van der Waals surface area contributed by atoms with Crippen LogP contribution in [0.15, 0.2) is 60.7 Å². The van der Waals surface area contributed by atoms with Gasteiger partial charge in [-0.05, 0) is 36.4 Å². The molecule has 1 aromatic heterocycles. The third-order valence-corrected chi connectivity index (χ3v) is 5.66. The zero-order valence-electron chi connectivity index (χ0n) is 13.6. The lowest BCUT2D eigenvalue weighted by Crippen LogP contribution is -2.09. The maximum atomic E-state index is 13.4. The first-order chi connectivity index (χ1) is 12.4. The predicted octanol–water partition coefficient (Wildman–Crippen LogP) is 6.98. The van der Waals surface area contributed by atoms with Gasteiger partial charge < -0.3 is 4.90 Å². The number of nitrogens with zero attached hydrogens (tertiary/aromatic N) is 1. The van der Waals surface area contributed by atoms with Crippen molar-refractivity contribution in [2.75, 3.05) is 11.9 Å². The van der Waals surface area contributed by atoms with Crippen molar-refractivity contribution >= 4 is 42.9 Å². The molecule has 3 aromatic carbocycles. The number of rotatable bonds is 2. The Bertz CT molecular complexity index is 1100. The van der Waals surface area contributed by atoms with Crippen LogP contribution in [0.2, 0.25) is 0 Å². The van der Waals surface area contributed by atoms with Gasteiger partial charge >= 0.3 is 6.18 Å². The van der Waals surface area contributed by atoms with Crippen LogP contribution in [-0.2, 0) is 6.18 Å². The number of anilines is 2. The first kappa shape index (κ1) is 16.8. The molecular formula is C20H13F4NS. The number of hydrogen-bond acceptors (Lipinski definition) is 2. The van der Waals surface area contributed by atoms with E-state index in [9.17, 15) is 17.6 Å². The third-order valence-electron chi connectivity index (χ3n) is 4.38. The molecule has 1 nitrogen and oxygen atoms in total. The molecule has 26 heavy (non-hydrogen) atoms. The maximum Gasteiger partial charge on any atom is 0.417 e. The van der Waals surface area contributed by atoms with E-state index in [1.54, 1.807) is 18.2 Å². The summed E-state index contributed by atoms with van der Waals surface area (Å²) in [6, 6.07) is 15.8. The second kappa shape index (κ2) is 5.99. The maximum absolute atomic E-state index is 13.4. The molecule has 0 fully saturated rings. The van der Waals surface area contributed by atoms with Crippen molar-refractivity contribution in [3.8, 4) is 0 Å². The van der Waals surface area contributed by atoms with E-state index >= 15 is 0 Å². The van der Waals surface area contributed by atoms with Crippen LogP contribution in [0.1, 0.15) is 5.56 Å². The Labute approximate surface area is 151 Å². The topological polar surface area (TPSA) is 3.24 Å². The number of thiophene rings is 1. The summed E-state index contributed by atoms with van der Waals surface area (Å²) in [7, 11) is 1.82. The Morgan fingerprint density at radius 2 is 1.42 bits per heavy atom. The van der Waals surface area contributed by atoms with Gasteiger partial charge in [0.2, 0.25) is 0 Å². The van der Waals surface area contributed by atoms with E-state index in [1.807, 2.05) is 30.1 Å². The van der Waals surface area contributed by atoms with Crippen molar-refractivity contribution in [2.45, 2.75) is 6.18 Å². The fourth-order valence-corrected chi connectivity index (χ4v) is 4.48. The first-order valence-electron chi connectivity index (χ1n) is 7.87. The molecule has 0 radical (unpaired) electrons. The number of halogens is 4. The van der Waals surface area contributed by atoms with Crippen LogP contribution in [0.25, 0.3) is 20.2 Å². The normalized spacial score (nSPS) is 12.0. The molecule has 0 atom stereocenters. The zero-order valence-corrected chi connectivity index (χ0v) is 14.5. The van der Waals surface area contributed by atoms with Crippen LogP contribution >= 0.6 is 11.3 Å². The van der Waals surface area contributed by atoms with Crippen molar-refractivity contribution in [1.82, 2.24) is 0 Å².